The van der Waals surface area contributed by atoms with Crippen LogP contribution in [0.3, 0.4) is 0 Å². The molecule has 0 amide bonds. The van der Waals surface area contributed by atoms with Crippen LogP contribution >= 0.6 is 34.8 Å². The molecule has 6 heteroatoms. The van der Waals surface area contributed by atoms with Gasteiger partial charge in [-0.25, -0.2) is 0 Å². The van der Waals surface area contributed by atoms with E-state index in [2.05, 4.69) is 25.8 Å². The van der Waals surface area contributed by atoms with Crippen LogP contribution in [0.4, 0.5) is 0 Å². The van der Waals surface area contributed by atoms with Gasteiger partial charge in [0, 0.05) is 17.3 Å². The lowest BCUT2D eigenvalue weighted by Gasteiger charge is -2.18. The number of hydrogen-bond acceptors (Lipinski definition) is 2. The number of Topliss-reactive ketones (excluding diaryl/α,β-unsaturated/α-hetero) is 1. The van der Waals surface area contributed by atoms with Gasteiger partial charge < -0.3 is 4.98 Å². The molecule has 0 fully saturated rings. The Morgan fingerprint density at radius 3 is 2.00 bits per heavy atom. The van der Waals surface area contributed by atoms with Gasteiger partial charge in [0.15, 0.2) is 5.78 Å². The Hall–Kier alpha value is -1.29. The molecule has 2 aromatic rings. The maximum absolute atomic E-state index is 12.5. The lowest BCUT2D eigenvalue weighted by molar-refractivity contribution is 0.0992. The van der Waals surface area contributed by atoms with Gasteiger partial charge in [-0.2, -0.15) is 0 Å². The molecule has 0 saturated carbocycles. The first kappa shape index (κ1) is 18.1. The van der Waals surface area contributed by atoms with E-state index in [0.29, 0.717) is 11.1 Å². The second kappa shape index (κ2) is 6.31. The predicted octanol–water partition coefficient (Wildman–Crippen LogP) is 5.10. The molecule has 3 nitrogen and oxygen atoms in total. The lowest BCUT2D eigenvalue weighted by Crippen LogP contribution is -2.19. The van der Waals surface area contributed by atoms with Gasteiger partial charge in [-0.15, -0.1) is 0 Å². The van der Waals surface area contributed by atoms with Crippen LogP contribution in [0.5, 0.6) is 0 Å². The zero-order chi connectivity index (χ0) is 17.4. The van der Waals surface area contributed by atoms with Crippen LogP contribution in [0, 0.1) is 0 Å². The SMILES string of the molecule is CC(C)(C)c1ccc(C(=O)c2c[nH]c(C(=O)C(Cl)(Cl)Cl)c2)cc1. The van der Waals surface area contributed by atoms with E-state index in [-0.39, 0.29) is 16.9 Å². The maximum Gasteiger partial charge on any atom is 0.254 e. The normalized spacial score (nSPS) is 12.3. The number of carbonyl (C=O) groups excluding carboxylic acids is 2. The van der Waals surface area contributed by atoms with E-state index >= 15 is 0 Å². The Morgan fingerprint density at radius 2 is 1.52 bits per heavy atom. The number of ketones is 2. The minimum atomic E-state index is -2.06. The molecule has 0 atom stereocenters. The maximum atomic E-state index is 12.5. The molecule has 122 valence electrons. The van der Waals surface area contributed by atoms with E-state index in [1.54, 1.807) is 12.1 Å². The number of H-pyrrole nitrogens is 1. The smallest absolute Gasteiger partial charge is 0.254 e. The summed E-state index contributed by atoms with van der Waals surface area (Å²) in [5.74, 6) is -0.908. The van der Waals surface area contributed by atoms with Crippen molar-refractivity contribution >= 4 is 46.4 Å². The predicted molar refractivity (Wildman–Crippen MR) is 94.0 cm³/mol. The molecular formula is C17H16Cl3NO2. The van der Waals surface area contributed by atoms with Crippen LogP contribution in [0.1, 0.15) is 52.7 Å². The first-order chi connectivity index (χ1) is 10.5. The van der Waals surface area contributed by atoms with Crippen molar-refractivity contribution in [2.45, 2.75) is 30.0 Å². The molecule has 0 unspecified atom stereocenters. The molecule has 1 heterocycles. The number of hydrogen-bond donors (Lipinski definition) is 1. The van der Waals surface area contributed by atoms with E-state index in [1.807, 2.05) is 12.1 Å². The second-order valence-corrected chi connectivity index (χ2v) is 8.57. The third-order valence-corrected chi connectivity index (χ3v) is 3.98. The zero-order valence-electron chi connectivity index (χ0n) is 12.9. The molecule has 1 aromatic carbocycles. The third-order valence-electron chi connectivity index (χ3n) is 3.46. The summed E-state index contributed by atoms with van der Waals surface area (Å²) in [6, 6.07) is 8.78. The molecule has 1 aromatic heterocycles. The van der Waals surface area contributed by atoms with Crippen molar-refractivity contribution in [1.82, 2.24) is 4.98 Å². The van der Waals surface area contributed by atoms with Gasteiger partial charge in [-0.1, -0.05) is 79.8 Å². The molecule has 1 N–H and O–H groups in total. The summed E-state index contributed by atoms with van der Waals surface area (Å²) in [5.41, 5.74) is 2.10. The summed E-state index contributed by atoms with van der Waals surface area (Å²) in [6.07, 6.45) is 1.43. The average Bonchev–Trinajstić information content (AvgIpc) is 2.93. The molecule has 0 aliphatic heterocycles. The number of nitrogens with one attached hydrogen (secondary N) is 1. The summed E-state index contributed by atoms with van der Waals surface area (Å²) in [6.45, 7) is 6.31. The van der Waals surface area contributed by atoms with Crippen LogP contribution in [0.2, 0.25) is 0 Å². The van der Waals surface area contributed by atoms with Gasteiger partial charge in [0.1, 0.15) is 0 Å². The Kier molecular flexibility index (Phi) is 4.95. The highest BCUT2D eigenvalue weighted by molar-refractivity contribution is 6.77. The molecule has 0 aliphatic rings. The Bertz CT molecular complexity index is 734. The van der Waals surface area contributed by atoms with Crippen molar-refractivity contribution in [3.05, 3.63) is 58.9 Å². The molecule has 23 heavy (non-hydrogen) atoms. The van der Waals surface area contributed by atoms with E-state index in [4.69, 9.17) is 34.8 Å². The summed E-state index contributed by atoms with van der Waals surface area (Å²) < 4.78 is -2.06. The van der Waals surface area contributed by atoms with Gasteiger partial charge in [-0.05, 0) is 17.0 Å². The quantitative estimate of drug-likeness (QED) is 0.602. The Balaban J connectivity index is 2.25. The minimum Gasteiger partial charge on any atom is -0.358 e. The summed E-state index contributed by atoms with van der Waals surface area (Å²) in [7, 11) is 0. The van der Waals surface area contributed by atoms with E-state index in [1.165, 1.54) is 12.3 Å². The number of alkyl halides is 3. The van der Waals surface area contributed by atoms with Gasteiger partial charge in [-0.3, -0.25) is 9.59 Å². The molecule has 0 saturated heterocycles. The molecule has 0 spiro atoms. The van der Waals surface area contributed by atoms with Crippen molar-refractivity contribution in [2.75, 3.05) is 0 Å². The number of benzene rings is 1. The zero-order valence-corrected chi connectivity index (χ0v) is 15.2. The number of rotatable bonds is 3. The Morgan fingerprint density at radius 1 is 0.957 bits per heavy atom. The van der Waals surface area contributed by atoms with Crippen molar-refractivity contribution < 1.29 is 9.59 Å². The van der Waals surface area contributed by atoms with Gasteiger partial charge in [0.25, 0.3) is 3.79 Å². The van der Waals surface area contributed by atoms with Crippen molar-refractivity contribution in [1.29, 1.82) is 0 Å². The summed E-state index contributed by atoms with van der Waals surface area (Å²) in [5, 5.41) is 0. The van der Waals surface area contributed by atoms with Crippen molar-refractivity contribution in [2.24, 2.45) is 0 Å². The fraction of sp³-hybridized carbons (Fsp3) is 0.294. The third kappa shape index (κ3) is 4.17. The Labute approximate surface area is 149 Å². The number of carbonyl (C=O) groups is 2. The lowest BCUT2D eigenvalue weighted by atomic mass is 9.86. The van der Waals surface area contributed by atoms with Gasteiger partial charge in [0.05, 0.1) is 5.69 Å². The van der Waals surface area contributed by atoms with Crippen LogP contribution in [0.15, 0.2) is 36.5 Å². The largest absolute Gasteiger partial charge is 0.358 e. The minimum absolute atomic E-state index is 0.0135. The van der Waals surface area contributed by atoms with Crippen molar-refractivity contribution in [3.63, 3.8) is 0 Å². The highest BCUT2D eigenvalue weighted by atomic mass is 35.6. The number of aromatic nitrogens is 1. The highest BCUT2D eigenvalue weighted by Gasteiger charge is 2.33. The highest BCUT2D eigenvalue weighted by Crippen LogP contribution is 2.30. The monoisotopic (exact) mass is 371 g/mol. The standard InChI is InChI=1S/C17H16Cl3NO2/c1-16(2,3)12-6-4-10(5-7-12)14(22)11-8-13(21-9-11)15(23)17(18,19)20/h4-9,21H,1-3H3. The van der Waals surface area contributed by atoms with Gasteiger partial charge in [0.2, 0.25) is 5.78 Å². The van der Waals surface area contributed by atoms with Crippen LogP contribution in [-0.4, -0.2) is 20.3 Å². The average molecular weight is 373 g/mol. The van der Waals surface area contributed by atoms with Crippen molar-refractivity contribution in [3.8, 4) is 0 Å². The molecular weight excluding hydrogens is 357 g/mol. The summed E-state index contributed by atoms with van der Waals surface area (Å²) in [4.78, 5) is 27.0. The number of aromatic amines is 1. The van der Waals surface area contributed by atoms with E-state index < -0.39 is 9.58 Å². The first-order valence-electron chi connectivity index (χ1n) is 6.95. The molecule has 0 radical (unpaired) electrons. The molecule has 2 rings (SSSR count). The van der Waals surface area contributed by atoms with Crippen LogP contribution < -0.4 is 0 Å². The fourth-order valence-corrected chi connectivity index (χ4v) is 2.40. The first-order valence-corrected chi connectivity index (χ1v) is 8.09. The van der Waals surface area contributed by atoms with E-state index in [0.717, 1.165) is 5.56 Å². The van der Waals surface area contributed by atoms with E-state index in [9.17, 15) is 9.59 Å². The summed E-state index contributed by atoms with van der Waals surface area (Å²) >= 11 is 16.7. The fourth-order valence-electron chi connectivity index (χ4n) is 2.10. The molecule has 0 aliphatic carbocycles. The molecule has 0 bridgehead atoms. The number of halogens is 3. The topological polar surface area (TPSA) is 49.9 Å². The van der Waals surface area contributed by atoms with Crippen LogP contribution in [0.25, 0.3) is 0 Å². The second-order valence-electron chi connectivity index (χ2n) is 6.29. The van der Waals surface area contributed by atoms with Gasteiger partial charge >= 0.3 is 0 Å². The van der Waals surface area contributed by atoms with Crippen LogP contribution in [-0.2, 0) is 5.41 Å².